The lowest BCUT2D eigenvalue weighted by molar-refractivity contribution is 0.897. The highest BCUT2D eigenvalue weighted by Gasteiger charge is 2.16. The van der Waals surface area contributed by atoms with Gasteiger partial charge in [-0.1, -0.05) is 48.5 Å². The van der Waals surface area contributed by atoms with Crippen molar-refractivity contribution in [1.82, 2.24) is 14.8 Å². The second-order valence-electron chi connectivity index (χ2n) is 7.18. The fourth-order valence-electron chi connectivity index (χ4n) is 3.27. The van der Waals surface area contributed by atoms with Crippen molar-refractivity contribution in [3.63, 3.8) is 0 Å². The third-order valence-corrected chi connectivity index (χ3v) is 4.95. The molecule has 2 aromatic carbocycles. The molecule has 0 saturated heterocycles. The lowest BCUT2D eigenvalue weighted by Crippen LogP contribution is -2.24. The Bertz CT molecular complexity index is 1280. The van der Waals surface area contributed by atoms with Gasteiger partial charge in [-0.25, -0.2) is 9.67 Å². The largest absolute Gasteiger partial charge is 0.288 e. The number of hydrogen-bond donors (Lipinski definition) is 1. The number of aromatic amines is 1. The molecule has 4 aromatic rings. The van der Waals surface area contributed by atoms with Gasteiger partial charge in [-0.15, -0.1) is 0 Å². The van der Waals surface area contributed by atoms with Gasteiger partial charge in [0.2, 0.25) is 0 Å². The van der Waals surface area contributed by atoms with E-state index in [0.717, 1.165) is 22.4 Å². The van der Waals surface area contributed by atoms with Crippen LogP contribution >= 0.6 is 0 Å². The number of rotatable bonds is 5. The molecule has 0 aliphatic rings. The van der Waals surface area contributed by atoms with E-state index in [1.165, 1.54) is 4.68 Å². The molecule has 6 nitrogen and oxygen atoms in total. The van der Waals surface area contributed by atoms with Crippen LogP contribution < -0.4 is 5.56 Å². The number of hydrogen-bond acceptors (Lipinski definition) is 4. The van der Waals surface area contributed by atoms with Gasteiger partial charge in [0.05, 0.1) is 23.5 Å². The van der Waals surface area contributed by atoms with Gasteiger partial charge in [-0.3, -0.25) is 19.9 Å². The number of aryl methyl sites for hydroxylation is 1. The van der Waals surface area contributed by atoms with Crippen LogP contribution in [-0.4, -0.2) is 26.8 Å². The van der Waals surface area contributed by atoms with Crippen molar-refractivity contribution < 1.29 is 0 Å². The van der Waals surface area contributed by atoms with Crippen LogP contribution in [0.25, 0.3) is 11.3 Å². The normalized spacial score (nSPS) is 11.9. The fraction of sp³-hybridized carbons (Fsp3) is 0.120. The molecule has 0 spiro atoms. The first-order chi connectivity index (χ1) is 15.1. The first-order valence-electron chi connectivity index (χ1n) is 10.0. The van der Waals surface area contributed by atoms with E-state index in [-0.39, 0.29) is 5.56 Å². The molecule has 2 heterocycles. The summed E-state index contributed by atoms with van der Waals surface area (Å²) in [5.74, 6) is 0.560. The van der Waals surface area contributed by atoms with E-state index >= 15 is 0 Å². The summed E-state index contributed by atoms with van der Waals surface area (Å²) >= 11 is 0. The summed E-state index contributed by atoms with van der Waals surface area (Å²) in [6, 6.07) is 21.4. The highest BCUT2D eigenvalue weighted by atomic mass is 16.1. The Morgan fingerprint density at radius 3 is 2.48 bits per heavy atom. The van der Waals surface area contributed by atoms with Crippen molar-refractivity contribution in [3.05, 3.63) is 106 Å². The van der Waals surface area contributed by atoms with E-state index < -0.39 is 0 Å². The standard InChI is InChI=1S/C25H23N5O/c1-18-8-6-7-11-23(18)28-19(2)30-25(31)22(17-27-16-20-12-14-26-15-13-20)24(29-30)21-9-4-3-5-10-21/h3-15,17,29H,16H2,1-2H3. The summed E-state index contributed by atoms with van der Waals surface area (Å²) in [5, 5.41) is 3.23. The number of aliphatic imine (C=N–C) groups is 2. The van der Waals surface area contributed by atoms with Crippen molar-refractivity contribution in [2.24, 2.45) is 9.98 Å². The Labute approximate surface area is 180 Å². The van der Waals surface area contributed by atoms with E-state index in [2.05, 4.69) is 20.1 Å². The molecule has 6 heteroatoms. The Morgan fingerprint density at radius 2 is 1.74 bits per heavy atom. The molecule has 2 aromatic heterocycles. The Kier molecular flexibility index (Phi) is 5.98. The summed E-state index contributed by atoms with van der Waals surface area (Å²) in [4.78, 5) is 26.5. The van der Waals surface area contributed by atoms with Gasteiger partial charge in [0, 0.05) is 24.2 Å². The minimum absolute atomic E-state index is 0.188. The molecule has 0 amide bonds. The molecular weight excluding hydrogens is 386 g/mol. The van der Waals surface area contributed by atoms with E-state index in [9.17, 15) is 4.79 Å². The van der Waals surface area contributed by atoms with Gasteiger partial charge < -0.3 is 0 Å². The average Bonchev–Trinajstić information content (AvgIpc) is 3.13. The minimum Gasteiger partial charge on any atom is -0.288 e. The number of nitrogens with one attached hydrogen (secondary N) is 1. The maximum atomic E-state index is 13.3. The molecular formula is C25H23N5O. The minimum atomic E-state index is -0.188. The number of para-hydroxylation sites is 1. The smallest absolute Gasteiger partial charge is 0.281 e. The predicted molar refractivity (Wildman–Crippen MR) is 125 cm³/mol. The molecule has 0 aliphatic carbocycles. The number of nitrogens with zero attached hydrogens (tertiary/aromatic N) is 4. The number of H-pyrrole nitrogens is 1. The lowest BCUT2D eigenvalue weighted by Gasteiger charge is -2.04. The van der Waals surface area contributed by atoms with Crippen molar-refractivity contribution in [2.45, 2.75) is 20.4 Å². The molecule has 0 bridgehead atoms. The predicted octanol–water partition coefficient (Wildman–Crippen LogP) is 4.76. The highest BCUT2D eigenvalue weighted by Crippen LogP contribution is 2.20. The van der Waals surface area contributed by atoms with Crippen LogP contribution in [0.1, 0.15) is 23.6 Å². The molecule has 0 radical (unpaired) electrons. The Balaban J connectivity index is 1.75. The second kappa shape index (κ2) is 9.17. The first kappa shape index (κ1) is 20.2. The molecule has 0 fully saturated rings. The SMILES string of the molecule is CC(=Nc1ccccc1C)n1[nH]c(-c2ccccc2)c(C=NCc2ccncc2)c1=O. The van der Waals surface area contributed by atoms with Gasteiger partial charge >= 0.3 is 0 Å². The lowest BCUT2D eigenvalue weighted by atomic mass is 10.1. The van der Waals surface area contributed by atoms with Crippen molar-refractivity contribution in [3.8, 4) is 11.3 Å². The summed E-state index contributed by atoms with van der Waals surface area (Å²) in [5.41, 5.74) is 4.84. The van der Waals surface area contributed by atoms with Crippen LogP contribution in [0.2, 0.25) is 0 Å². The zero-order chi connectivity index (χ0) is 21.6. The highest BCUT2D eigenvalue weighted by molar-refractivity contribution is 5.92. The third kappa shape index (κ3) is 4.59. The van der Waals surface area contributed by atoms with E-state index in [1.807, 2.05) is 80.6 Å². The van der Waals surface area contributed by atoms with Gasteiger partial charge in [0.25, 0.3) is 5.56 Å². The van der Waals surface area contributed by atoms with Crippen LogP contribution in [-0.2, 0) is 6.54 Å². The monoisotopic (exact) mass is 409 g/mol. The molecule has 0 aliphatic heterocycles. The number of pyridine rings is 1. The topological polar surface area (TPSA) is 75.4 Å². The molecule has 1 N–H and O–H groups in total. The van der Waals surface area contributed by atoms with E-state index in [1.54, 1.807) is 18.6 Å². The van der Waals surface area contributed by atoms with Gasteiger partial charge in [-0.2, -0.15) is 0 Å². The van der Waals surface area contributed by atoms with E-state index in [4.69, 9.17) is 0 Å². The van der Waals surface area contributed by atoms with Gasteiger partial charge in [-0.05, 0) is 43.2 Å². The summed E-state index contributed by atoms with van der Waals surface area (Å²) in [7, 11) is 0. The molecule has 0 atom stereocenters. The van der Waals surface area contributed by atoms with Crippen molar-refractivity contribution >= 4 is 17.7 Å². The molecule has 0 unspecified atom stereocenters. The average molecular weight is 409 g/mol. The van der Waals surface area contributed by atoms with E-state index in [0.29, 0.717) is 23.6 Å². The van der Waals surface area contributed by atoms with Crippen LogP contribution in [0.3, 0.4) is 0 Å². The van der Waals surface area contributed by atoms with Crippen molar-refractivity contribution in [1.29, 1.82) is 0 Å². The Morgan fingerprint density at radius 1 is 1.03 bits per heavy atom. The summed E-state index contributed by atoms with van der Waals surface area (Å²) in [6.07, 6.45) is 5.10. The maximum absolute atomic E-state index is 13.3. The number of aromatic nitrogens is 3. The van der Waals surface area contributed by atoms with Crippen LogP contribution in [0.15, 0.2) is 93.9 Å². The quantitative estimate of drug-likeness (QED) is 0.381. The number of benzene rings is 2. The van der Waals surface area contributed by atoms with Crippen LogP contribution in [0.4, 0.5) is 5.69 Å². The van der Waals surface area contributed by atoms with Crippen LogP contribution in [0, 0.1) is 6.92 Å². The summed E-state index contributed by atoms with van der Waals surface area (Å²) < 4.78 is 1.47. The zero-order valence-electron chi connectivity index (χ0n) is 17.5. The molecule has 4 rings (SSSR count). The maximum Gasteiger partial charge on any atom is 0.281 e. The Hall–Kier alpha value is -4.06. The second-order valence-corrected chi connectivity index (χ2v) is 7.18. The van der Waals surface area contributed by atoms with Gasteiger partial charge in [0.1, 0.15) is 5.84 Å². The molecule has 31 heavy (non-hydrogen) atoms. The molecule has 0 saturated carbocycles. The molecule has 154 valence electrons. The zero-order valence-corrected chi connectivity index (χ0v) is 17.5. The fourth-order valence-corrected chi connectivity index (χ4v) is 3.27. The summed E-state index contributed by atoms with van der Waals surface area (Å²) in [6.45, 7) is 4.28. The van der Waals surface area contributed by atoms with Gasteiger partial charge in [0.15, 0.2) is 0 Å². The third-order valence-electron chi connectivity index (χ3n) is 4.95. The van der Waals surface area contributed by atoms with Crippen LogP contribution in [0.5, 0.6) is 0 Å². The first-order valence-corrected chi connectivity index (χ1v) is 10.0. The van der Waals surface area contributed by atoms with Crippen molar-refractivity contribution in [2.75, 3.05) is 0 Å².